The zero-order chi connectivity index (χ0) is 18.4. The van der Waals surface area contributed by atoms with Gasteiger partial charge in [0.1, 0.15) is 0 Å². The average Bonchev–Trinajstić information content (AvgIpc) is 3.13. The largest absolute Gasteiger partial charge is 0.395 e. The first-order chi connectivity index (χ1) is 12.7. The van der Waals surface area contributed by atoms with Crippen LogP contribution in [0.3, 0.4) is 0 Å². The summed E-state index contributed by atoms with van der Waals surface area (Å²) in [5.74, 6) is 0.667. The van der Waals surface area contributed by atoms with E-state index in [1.165, 1.54) is 11.1 Å². The standard InChI is InChI=1S/C21H26N4O/c1-3-19(16-26)24(14-18-9-5-4-8-17(18)2)15-20-10-6-13-25(20)21-22-11-7-12-23-21/h4-13,19,26H,3,14-16H2,1-2H3. The lowest BCUT2D eigenvalue weighted by Crippen LogP contribution is -2.37. The maximum atomic E-state index is 9.89. The van der Waals surface area contributed by atoms with Gasteiger partial charge >= 0.3 is 0 Å². The monoisotopic (exact) mass is 350 g/mol. The Balaban J connectivity index is 1.87. The van der Waals surface area contributed by atoms with E-state index in [-0.39, 0.29) is 12.6 Å². The van der Waals surface area contributed by atoms with Crippen molar-refractivity contribution >= 4 is 0 Å². The van der Waals surface area contributed by atoms with Crippen molar-refractivity contribution in [2.75, 3.05) is 6.61 Å². The van der Waals surface area contributed by atoms with E-state index in [1.54, 1.807) is 12.4 Å². The minimum atomic E-state index is 0.106. The number of rotatable bonds is 8. The van der Waals surface area contributed by atoms with Gasteiger partial charge in [-0.05, 0) is 42.7 Å². The lowest BCUT2D eigenvalue weighted by molar-refractivity contribution is 0.105. The Morgan fingerprint density at radius 1 is 1.04 bits per heavy atom. The van der Waals surface area contributed by atoms with E-state index in [1.807, 2.05) is 22.9 Å². The van der Waals surface area contributed by atoms with E-state index in [0.717, 1.165) is 25.2 Å². The van der Waals surface area contributed by atoms with Gasteiger partial charge in [0.25, 0.3) is 0 Å². The van der Waals surface area contributed by atoms with E-state index >= 15 is 0 Å². The summed E-state index contributed by atoms with van der Waals surface area (Å²) in [5.41, 5.74) is 3.66. The minimum Gasteiger partial charge on any atom is -0.395 e. The Hall–Kier alpha value is -2.50. The third-order valence-electron chi connectivity index (χ3n) is 4.80. The molecule has 0 aliphatic heterocycles. The molecule has 1 atom stereocenters. The molecular weight excluding hydrogens is 324 g/mol. The third-order valence-corrected chi connectivity index (χ3v) is 4.80. The molecule has 0 radical (unpaired) electrons. The van der Waals surface area contributed by atoms with Crippen molar-refractivity contribution < 1.29 is 5.11 Å². The molecule has 1 aromatic carbocycles. The number of hydrogen-bond acceptors (Lipinski definition) is 4. The fraction of sp³-hybridized carbons (Fsp3) is 0.333. The van der Waals surface area contributed by atoms with Crippen LogP contribution in [0, 0.1) is 6.92 Å². The first-order valence-corrected chi connectivity index (χ1v) is 9.06. The second kappa shape index (κ2) is 8.74. The topological polar surface area (TPSA) is 54.2 Å². The van der Waals surface area contributed by atoms with Crippen molar-refractivity contribution in [2.24, 2.45) is 0 Å². The molecule has 2 heterocycles. The number of benzene rings is 1. The number of aromatic nitrogens is 3. The molecular formula is C21H26N4O. The Morgan fingerprint density at radius 2 is 1.81 bits per heavy atom. The first kappa shape index (κ1) is 18.3. The molecule has 3 rings (SSSR count). The fourth-order valence-electron chi connectivity index (χ4n) is 3.19. The van der Waals surface area contributed by atoms with E-state index < -0.39 is 0 Å². The molecule has 2 aromatic heterocycles. The first-order valence-electron chi connectivity index (χ1n) is 9.06. The van der Waals surface area contributed by atoms with E-state index in [2.05, 4.69) is 59.0 Å². The smallest absolute Gasteiger partial charge is 0.233 e. The van der Waals surface area contributed by atoms with Crippen LogP contribution in [0.4, 0.5) is 0 Å². The van der Waals surface area contributed by atoms with Gasteiger partial charge in [-0.2, -0.15) is 0 Å². The molecule has 5 nitrogen and oxygen atoms in total. The molecule has 26 heavy (non-hydrogen) atoms. The van der Waals surface area contributed by atoms with E-state index in [9.17, 15) is 5.11 Å². The fourth-order valence-corrected chi connectivity index (χ4v) is 3.19. The van der Waals surface area contributed by atoms with Crippen LogP contribution in [-0.2, 0) is 13.1 Å². The number of aryl methyl sites for hydroxylation is 1. The highest BCUT2D eigenvalue weighted by Gasteiger charge is 2.19. The molecule has 0 saturated heterocycles. The molecule has 0 saturated carbocycles. The zero-order valence-corrected chi connectivity index (χ0v) is 15.4. The quantitative estimate of drug-likeness (QED) is 0.677. The molecule has 0 spiro atoms. The van der Waals surface area contributed by atoms with Gasteiger partial charge in [-0.25, -0.2) is 9.97 Å². The van der Waals surface area contributed by atoms with Crippen LogP contribution in [0.2, 0.25) is 0 Å². The van der Waals surface area contributed by atoms with Crippen molar-refractivity contribution in [3.05, 3.63) is 77.9 Å². The van der Waals surface area contributed by atoms with Crippen LogP contribution in [0.1, 0.15) is 30.2 Å². The van der Waals surface area contributed by atoms with Crippen LogP contribution in [0.25, 0.3) is 5.95 Å². The van der Waals surface area contributed by atoms with Crippen LogP contribution in [0.15, 0.2) is 61.1 Å². The van der Waals surface area contributed by atoms with Crippen LogP contribution in [0.5, 0.6) is 0 Å². The summed E-state index contributed by atoms with van der Waals surface area (Å²) in [4.78, 5) is 11.0. The SMILES string of the molecule is CCC(CO)N(Cc1ccccc1C)Cc1cccn1-c1ncccn1. The van der Waals surface area contributed by atoms with Crippen LogP contribution < -0.4 is 0 Å². The van der Waals surface area contributed by atoms with Crippen molar-refractivity contribution in [1.29, 1.82) is 0 Å². The number of hydrogen-bond donors (Lipinski definition) is 1. The number of nitrogens with zero attached hydrogens (tertiary/aromatic N) is 4. The van der Waals surface area contributed by atoms with Gasteiger partial charge < -0.3 is 5.11 Å². The minimum absolute atomic E-state index is 0.106. The molecule has 136 valence electrons. The van der Waals surface area contributed by atoms with Gasteiger partial charge in [0.2, 0.25) is 5.95 Å². The molecule has 0 aliphatic rings. The molecule has 1 unspecified atom stereocenters. The summed E-state index contributed by atoms with van der Waals surface area (Å²) in [5, 5.41) is 9.89. The van der Waals surface area contributed by atoms with Crippen LogP contribution >= 0.6 is 0 Å². The van der Waals surface area contributed by atoms with Crippen molar-refractivity contribution in [2.45, 2.75) is 39.4 Å². The molecule has 3 aromatic rings. The summed E-state index contributed by atoms with van der Waals surface area (Å²) in [6.45, 7) is 5.91. The lowest BCUT2D eigenvalue weighted by atomic mass is 10.1. The van der Waals surface area contributed by atoms with Gasteiger partial charge in [0.05, 0.1) is 6.61 Å². The molecule has 0 amide bonds. The second-order valence-corrected chi connectivity index (χ2v) is 6.49. The molecule has 0 fully saturated rings. The predicted octanol–water partition coefficient (Wildman–Crippen LogP) is 3.35. The van der Waals surface area contributed by atoms with Gasteiger partial charge in [-0.15, -0.1) is 0 Å². The predicted molar refractivity (Wildman–Crippen MR) is 103 cm³/mol. The number of aliphatic hydroxyl groups is 1. The molecule has 5 heteroatoms. The molecule has 0 bridgehead atoms. The lowest BCUT2D eigenvalue weighted by Gasteiger charge is -2.30. The normalized spacial score (nSPS) is 12.5. The summed E-state index contributed by atoms with van der Waals surface area (Å²) >= 11 is 0. The van der Waals surface area contributed by atoms with Gasteiger partial charge in [0, 0.05) is 43.4 Å². The van der Waals surface area contributed by atoms with E-state index in [4.69, 9.17) is 0 Å². The summed E-state index contributed by atoms with van der Waals surface area (Å²) in [6.07, 6.45) is 6.38. The van der Waals surface area contributed by atoms with Crippen molar-refractivity contribution in [1.82, 2.24) is 19.4 Å². The van der Waals surface area contributed by atoms with Crippen molar-refractivity contribution in [3.63, 3.8) is 0 Å². The summed E-state index contributed by atoms with van der Waals surface area (Å²) in [7, 11) is 0. The second-order valence-electron chi connectivity index (χ2n) is 6.49. The zero-order valence-electron chi connectivity index (χ0n) is 15.4. The number of aliphatic hydroxyl groups excluding tert-OH is 1. The highest BCUT2D eigenvalue weighted by Crippen LogP contribution is 2.19. The van der Waals surface area contributed by atoms with E-state index in [0.29, 0.717) is 5.95 Å². The Labute approximate surface area is 155 Å². The molecule has 0 aliphatic carbocycles. The van der Waals surface area contributed by atoms with Crippen molar-refractivity contribution in [3.8, 4) is 5.95 Å². The maximum absolute atomic E-state index is 9.89. The maximum Gasteiger partial charge on any atom is 0.233 e. The highest BCUT2D eigenvalue weighted by atomic mass is 16.3. The molecule has 1 N–H and O–H groups in total. The Bertz CT molecular complexity index is 812. The van der Waals surface area contributed by atoms with Crippen LogP contribution in [-0.4, -0.2) is 37.2 Å². The van der Waals surface area contributed by atoms with Gasteiger partial charge in [-0.1, -0.05) is 31.2 Å². The van der Waals surface area contributed by atoms with Gasteiger partial charge in [-0.3, -0.25) is 9.47 Å². The summed E-state index contributed by atoms with van der Waals surface area (Å²) < 4.78 is 2.01. The van der Waals surface area contributed by atoms with Gasteiger partial charge in [0.15, 0.2) is 0 Å². The Morgan fingerprint density at radius 3 is 2.50 bits per heavy atom. The third kappa shape index (κ3) is 4.18. The average molecular weight is 350 g/mol. The highest BCUT2D eigenvalue weighted by molar-refractivity contribution is 5.26. The summed E-state index contributed by atoms with van der Waals surface area (Å²) in [6, 6.07) is 14.4. The Kier molecular flexibility index (Phi) is 6.15.